The van der Waals surface area contributed by atoms with Crippen LogP contribution >= 0.6 is 0 Å². The molecule has 1 aliphatic rings. The molecule has 1 saturated heterocycles. The quantitative estimate of drug-likeness (QED) is 0.128. The largest absolute Gasteiger partial charge is 0.461 e. The zero-order valence-electron chi connectivity index (χ0n) is 25.6. The number of anilines is 1. The monoisotopic (exact) mass is 604 g/mol. The molecule has 238 valence electrons. The van der Waals surface area contributed by atoms with E-state index in [0.717, 1.165) is 5.56 Å². The Kier molecular flexibility index (Phi) is 14.8. The topological polar surface area (TPSA) is 169 Å². The molecule has 13 heteroatoms. The summed E-state index contributed by atoms with van der Waals surface area (Å²) in [5, 5.41) is 8.06. The van der Waals surface area contributed by atoms with Crippen molar-refractivity contribution < 1.29 is 43.0 Å². The number of hydrogen-bond acceptors (Lipinski definition) is 9. The summed E-state index contributed by atoms with van der Waals surface area (Å²) >= 11 is 0. The number of hydrogen-bond donors (Lipinski definition) is 3. The molecule has 5 amide bonds. The van der Waals surface area contributed by atoms with Crippen LogP contribution in [0, 0.1) is 11.8 Å². The summed E-state index contributed by atoms with van der Waals surface area (Å²) in [5.74, 6) is -2.49. The summed E-state index contributed by atoms with van der Waals surface area (Å²) in [6, 6.07) is 5.08. The van der Waals surface area contributed by atoms with E-state index in [1.807, 2.05) is 0 Å². The van der Waals surface area contributed by atoms with Crippen LogP contribution in [0.25, 0.3) is 0 Å². The second-order valence-electron chi connectivity index (χ2n) is 10.7. The van der Waals surface area contributed by atoms with Crippen LogP contribution in [-0.2, 0) is 49.6 Å². The summed E-state index contributed by atoms with van der Waals surface area (Å²) in [5.41, 5.74) is 1.29. The average Bonchev–Trinajstić information content (AvgIpc) is 3.21. The van der Waals surface area contributed by atoms with Crippen LogP contribution in [0.15, 0.2) is 24.3 Å². The number of carbonyl (C=O) groups excluding carboxylic acids is 6. The number of carbonyl (C=O) groups is 6. The lowest BCUT2D eigenvalue weighted by molar-refractivity contribution is -0.144. The van der Waals surface area contributed by atoms with Crippen molar-refractivity contribution in [2.75, 3.05) is 38.3 Å². The maximum atomic E-state index is 12.9. The maximum Gasteiger partial charge on any atom is 0.305 e. The van der Waals surface area contributed by atoms with Gasteiger partial charge in [0, 0.05) is 30.9 Å². The highest BCUT2D eigenvalue weighted by atomic mass is 16.5. The molecule has 2 rings (SSSR count). The van der Waals surface area contributed by atoms with Gasteiger partial charge < -0.3 is 30.2 Å². The number of esters is 1. The number of nitrogens with zero attached hydrogens (tertiary/aromatic N) is 1. The third-order valence-electron chi connectivity index (χ3n) is 6.70. The molecule has 1 aliphatic heterocycles. The molecular formula is C30H44N4O9. The summed E-state index contributed by atoms with van der Waals surface area (Å²) in [7, 11) is 0. The highest BCUT2D eigenvalue weighted by Crippen LogP contribution is 2.18. The first-order valence-corrected chi connectivity index (χ1v) is 14.6. The molecule has 0 radical (unpaired) electrons. The van der Waals surface area contributed by atoms with Gasteiger partial charge in [-0.2, -0.15) is 0 Å². The summed E-state index contributed by atoms with van der Waals surface area (Å²) in [6.07, 6.45) is 0.546. The third-order valence-corrected chi connectivity index (χ3v) is 6.70. The fourth-order valence-electron chi connectivity index (χ4n) is 4.08. The molecular weight excluding hydrogens is 560 g/mol. The number of amides is 5. The molecule has 0 spiro atoms. The number of imide groups is 1. The van der Waals surface area contributed by atoms with Gasteiger partial charge in [0.25, 0.3) is 0 Å². The number of ether oxygens (including phenoxy) is 3. The minimum Gasteiger partial charge on any atom is -0.461 e. The zero-order chi connectivity index (χ0) is 31.9. The number of likely N-dealkylation sites (tertiary alicyclic amines) is 1. The summed E-state index contributed by atoms with van der Waals surface area (Å²) < 4.78 is 15.9. The van der Waals surface area contributed by atoms with E-state index in [-0.39, 0.29) is 87.9 Å². The zero-order valence-corrected chi connectivity index (χ0v) is 25.6. The van der Waals surface area contributed by atoms with Crippen LogP contribution in [0.5, 0.6) is 0 Å². The Bertz CT molecular complexity index is 1120. The Labute approximate surface area is 252 Å². The van der Waals surface area contributed by atoms with Gasteiger partial charge in [0.1, 0.15) is 18.7 Å². The third kappa shape index (κ3) is 12.1. The summed E-state index contributed by atoms with van der Waals surface area (Å²) in [6.45, 7) is 9.68. The smallest absolute Gasteiger partial charge is 0.305 e. The van der Waals surface area contributed by atoms with Gasteiger partial charge in [-0.15, -0.1) is 0 Å². The van der Waals surface area contributed by atoms with Crippen molar-refractivity contribution in [3.63, 3.8) is 0 Å². The van der Waals surface area contributed by atoms with Crippen molar-refractivity contribution in [2.24, 2.45) is 11.8 Å². The second kappa shape index (κ2) is 18.0. The minimum atomic E-state index is -0.871. The van der Waals surface area contributed by atoms with E-state index >= 15 is 0 Å². The molecule has 2 unspecified atom stereocenters. The van der Waals surface area contributed by atoms with Gasteiger partial charge >= 0.3 is 5.97 Å². The highest BCUT2D eigenvalue weighted by Gasteiger charge is 2.35. The van der Waals surface area contributed by atoms with Crippen LogP contribution in [0.3, 0.4) is 0 Å². The van der Waals surface area contributed by atoms with Gasteiger partial charge in [0.15, 0.2) is 0 Å². The molecule has 0 aromatic heterocycles. The maximum absolute atomic E-state index is 12.9. The number of rotatable bonds is 18. The van der Waals surface area contributed by atoms with Crippen LogP contribution in [0.2, 0.25) is 0 Å². The van der Waals surface area contributed by atoms with Crippen molar-refractivity contribution >= 4 is 41.2 Å². The normalized spacial score (nSPS) is 16.1. The van der Waals surface area contributed by atoms with Crippen molar-refractivity contribution in [1.29, 1.82) is 0 Å². The Balaban J connectivity index is 1.66. The standard InChI is InChI=1S/C30H44N4O9/c1-6-26(37)43-18-22-7-9-23(10-8-22)32-28(38)21(5)31-29(39)27(19(2)3)33-24(35)11-13-41-15-16-42-14-12-34-25(36)17-20(4)30(34)40/h7-10,19-21,27H,6,11-18H2,1-5H3,(H,31,39)(H,32,38)(H,33,35)/t20?,21-,27?/m0/s1. The van der Waals surface area contributed by atoms with E-state index in [1.165, 1.54) is 4.90 Å². The molecule has 3 N–H and O–H groups in total. The lowest BCUT2D eigenvalue weighted by Crippen LogP contribution is -2.53. The Morgan fingerprint density at radius 1 is 0.930 bits per heavy atom. The van der Waals surface area contributed by atoms with Crippen LogP contribution in [0.1, 0.15) is 59.4 Å². The number of benzene rings is 1. The van der Waals surface area contributed by atoms with Crippen molar-refractivity contribution in [2.45, 2.75) is 72.6 Å². The number of nitrogens with one attached hydrogen (secondary N) is 3. The van der Waals surface area contributed by atoms with Gasteiger partial charge in [-0.05, 0) is 30.5 Å². The first-order chi connectivity index (χ1) is 20.4. The SMILES string of the molecule is CCC(=O)OCc1ccc(NC(=O)[C@H](C)NC(=O)C(NC(=O)CCOCCOCCN2C(=O)CC(C)C2=O)C(C)C)cc1. The summed E-state index contributed by atoms with van der Waals surface area (Å²) in [4.78, 5) is 74.1. The molecule has 0 bridgehead atoms. The molecule has 43 heavy (non-hydrogen) atoms. The van der Waals surface area contributed by atoms with Crippen molar-refractivity contribution in [3.05, 3.63) is 29.8 Å². The highest BCUT2D eigenvalue weighted by molar-refractivity contribution is 6.03. The molecule has 1 aromatic carbocycles. The first kappa shape index (κ1) is 35.4. The Hall–Kier alpha value is -3.84. The Morgan fingerprint density at radius 2 is 1.58 bits per heavy atom. The molecule has 0 aliphatic carbocycles. The molecule has 0 saturated carbocycles. The first-order valence-electron chi connectivity index (χ1n) is 14.6. The van der Waals surface area contributed by atoms with Crippen LogP contribution < -0.4 is 16.0 Å². The van der Waals surface area contributed by atoms with Gasteiger partial charge in [-0.1, -0.05) is 39.8 Å². The fourth-order valence-corrected chi connectivity index (χ4v) is 4.08. The van der Waals surface area contributed by atoms with Crippen LogP contribution in [0.4, 0.5) is 5.69 Å². The minimum absolute atomic E-state index is 0.0227. The predicted molar refractivity (Wildman–Crippen MR) is 156 cm³/mol. The lowest BCUT2D eigenvalue weighted by atomic mass is 10.0. The van der Waals surface area contributed by atoms with E-state index < -0.39 is 23.9 Å². The van der Waals surface area contributed by atoms with E-state index in [0.29, 0.717) is 12.1 Å². The van der Waals surface area contributed by atoms with E-state index in [1.54, 1.807) is 58.9 Å². The molecule has 1 aromatic rings. The van der Waals surface area contributed by atoms with E-state index in [2.05, 4.69) is 16.0 Å². The molecule has 3 atom stereocenters. The average molecular weight is 605 g/mol. The van der Waals surface area contributed by atoms with E-state index in [4.69, 9.17) is 14.2 Å². The van der Waals surface area contributed by atoms with Gasteiger partial charge in [0.05, 0.1) is 33.0 Å². The second-order valence-corrected chi connectivity index (χ2v) is 10.7. The fraction of sp³-hybridized carbons (Fsp3) is 0.600. The van der Waals surface area contributed by atoms with Crippen molar-refractivity contribution in [3.8, 4) is 0 Å². The molecule has 1 fully saturated rings. The van der Waals surface area contributed by atoms with Gasteiger partial charge in [-0.3, -0.25) is 33.7 Å². The van der Waals surface area contributed by atoms with Gasteiger partial charge in [-0.25, -0.2) is 0 Å². The van der Waals surface area contributed by atoms with Crippen molar-refractivity contribution in [1.82, 2.24) is 15.5 Å². The molecule has 1 heterocycles. The van der Waals surface area contributed by atoms with Gasteiger partial charge in [0.2, 0.25) is 29.5 Å². The van der Waals surface area contributed by atoms with Crippen LogP contribution in [-0.4, -0.2) is 85.5 Å². The Morgan fingerprint density at radius 3 is 2.16 bits per heavy atom. The lowest BCUT2D eigenvalue weighted by Gasteiger charge is -2.24. The predicted octanol–water partition coefficient (Wildman–Crippen LogP) is 1.54. The van der Waals surface area contributed by atoms with E-state index in [9.17, 15) is 28.8 Å². The molecule has 13 nitrogen and oxygen atoms in total.